The average Bonchev–Trinajstić information content (AvgIpc) is 3.35. The van der Waals surface area contributed by atoms with Crippen LogP contribution in [0.2, 0.25) is 0 Å². The molecule has 0 aromatic carbocycles. The lowest BCUT2D eigenvalue weighted by molar-refractivity contribution is -0.123. The number of ether oxygens (including phenoxy) is 1. The van der Waals surface area contributed by atoms with Gasteiger partial charge in [0.1, 0.15) is 11.5 Å². The van der Waals surface area contributed by atoms with Crippen molar-refractivity contribution < 1.29 is 9.53 Å². The van der Waals surface area contributed by atoms with Crippen molar-refractivity contribution in [3.8, 4) is 17.0 Å². The first kappa shape index (κ1) is 20.2. The second-order valence-corrected chi connectivity index (χ2v) is 8.59. The summed E-state index contributed by atoms with van der Waals surface area (Å²) in [5.74, 6) is 1.89. The van der Waals surface area contributed by atoms with E-state index in [0.717, 1.165) is 40.8 Å². The van der Waals surface area contributed by atoms with Gasteiger partial charge in [-0.3, -0.25) is 9.20 Å². The molecule has 1 fully saturated rings. The van der Waals surface area contributed by atoms with Gasteiger partial charge in [0.2, 0.25) is 17.7 Å². The van der Waals surface area contributed by atoms with Crippen molar-refractivity contribution >= 4 is 28.5 Å². The maximum atomic E-state index is 11.7. The summed E-state index contributed by atoms with van der Waals surface area (Å²) in [6.45, 7) is 5.84. The van der Waals surface area contributed by atoms with Crippen LogP contribution in [0, 0.1) is 6.92 Å². The SMILES string of the molecule is CCC(=O)NC1(C)CC(Nc2nc(OC)c3c(-c4ccc5nnc(C)n5c4)c[nH]c3n2)C1. The second kappa shape index (κ2) is 7.47. The zero-order valence-electron chi connectivity index (χ0n) is 18.6. The van der Waals surface area contributed by atoms with Crippen LogP contribution in [0.1, 0.15) is 38.9 Å². The molecule has 0 atom stereocenters. The number of amides is 1. The van der Waals surface area contributed by atoms with Gasteiger partial charge in [0, 0.05) is 41.5 Å². The van der Waals surface area contributed by atoms with E-state index < -0.39 is 0 Å². The molecule has 32 heavy (non-hydrogen) atoms. The van der Waals surface area contributed by atoms with Gasteiger partial charge in [-0.15, -0.1) is 10.2 Å². The number of nitrogens with one attached hydrogen (secondary N) is 3. The van der Waals surface area contributed by atoms with Gasteiger partial charge in [-0.25, -0.2) is 0 Å². The second-order valence-electron chi connectivity index (χ2n) is 8.59. The van der Waals surface area contributed by atoms with E-state index in [1.54, 1.807) is 7.11 Å². The van der Waals surface area contributed by atoms with Crippen molar-refractivity contribution in [1.82, 2.24) is 34.9 Å². The van der Waals surface area contributed by atoms with Crippen LogP contribution in [-0.4, -0.2) is 54.1 Å². The summed E-state index contributed by atoms with van der Waals surface area (Å²) < 4.78 is 7.57. The molecular formula is C22H26N8O2. The molecule has 1 saturated carbocycles. The highest BCUT2D eigenvalue weighted by molar-refractivity contribution is 5.97. The molecule has 166 valence electrons. The van der Waals surface area contributed by atoms with Gasteiger partial charge >= 0.3 is 0 Å². The summed E-state index contributed by atoms with van der Waals surface area (Å²) in [5.41, 5.74) is 3.23. The topological polar surface area (TPSA) is 122 Å². The highest BCUT2D eigenvalue weighted by Gasteiger charge is 2.41. The van der Waals surface area contributed by atoms with Crippen LogP contribution in [0.25, 0.3) is 27.8 Å². The Morgan fingerprint density at radius 2 is 2.12 bits per heavy atom. The third-order valence-electron chi connectivity index (χ3n) is 6.06. The summed E-state index contributed by atoms with van der Waals surface area (Å²) >= 11 is 0. The van der Waals surface area contributed by atoms with Crippen molar-refractivity contribution in [2.24, 2.45) is 0 Å². The number of fused-ring (bicyclic) bond motifs is 2. The first-order valence-corrected chi connectivity index (χ1v) is 10.7. The van der Waals surface area contributed by atoms with Crippen LogP contribution in [0.4, 0.5) is 5.95 Å². The van der Waals surface area contributed by atoms with E-state index in [-0.39, 0.29) is 17.5 Å². The molecule has 5 rings (SSSR count). The third kappa shape index (κ3) is 3.41. The monoisotopic (exact) mass is 434 g/mol. The number of anilines is 1. The fraction of sp³-hybridized carbons (Fsp3) is 0.409. The Balaban J connectivity index is 1.42. The lowest BCUT2D eigenvalue weighted by Gasteiger charge is -2.45. The zero-order chi connectivity index (χ0) is 22.5. The van der Waals surface area contributed by atoms with Crippen LogP contribution in [0.5, 0.6) is 5.88 Å². The summed E-state index contributed by atoms with van der Waals surface area (Å²) in [5, 5.41) is 15.5. The molecule has 0 saturated heterocycles. The fourth-order valence-electron chi connectivity index (χ4n) is 4.44. The standard InChI is InChI=1S/C22H26N8O2/c1-5-17(31)27-22(3)8-14(9-22)24-21-25-19-18(20(26-21)32-4)15(10-23-19)13-6-7-16-29-28-12(2)30(16)11-13/h6-7,10-11,14H,5,8-9H2,1-4H3,(H,27,31)(H2,23,24,25,26). The van der Waals surface area contributed by atoms with Crippen LogP contribution in [-0.2, 0) is 4.79 Å². The molecule has 4 heterocycles. The summed E-state index contributed by atoms with van der Waals surface area (Å²) in [6.07, 6.45) is 6.03. The highest BCUT2D eigenvalue weighted by atomic mass is 16.5. The first-order valence-electron chi connectivity index (χ1n) is 10.7. The van der Waals surface area contributed by atoms with E-state index in [4.69, 9.17) is 4.74 Å². The minimum atomic E-state index is -0.183. The Bertz CT molecular complexity index is 1320. The van der Waals surface area contributed by atoms with E-state index >= 15 is 0 Å². The molecule has 0 bridgehead atoms. The number of hydrogen-bond acceptors (Lipinski definition) is 7. The van der Waals surface area contributed by atoms with Gasteiger partial charge < -0.3 is 20.4 Å². The predicted octanol–water partition coefficient (Wildman–Crippen LogP) is 2.84. The van der Waals surface area contributed by atoms with E-state index in [1.807, 2.05) is 42.8 Å². The Hall–Kier alpha value is -3.69. The van der Waals surface area contributed by atoms with Crippen LogP contribution in [0.3, 0.4) is 0 Å². The minimum absolute atomic E-state index is 0.0732. The number of carbonyl (C=O) groups excluding carboxylic acids is 1. The van der Waals surface area contributed by atoms with Crippen LogP contribution < -0.4 is 15.4 Å². The van der Waals surface area contributed by atoms with Crippen molar-refractivity contribution in [3.05, 3.63) is 30.4 Å². The molecule has 0 aliphatic heterocycles. The molecule has 4 aromatic rings. The van der Waals surface area contributed by atoms with Gasteiger partial charge in [0.15, 0.2) is 5.65 Å². The molecule has 0 radical (unpaired) electrons. The lowest BCUT2D eigenvalue weighted by Crippen LogP contribution is -2.59. The average molecular weight is 435 g/mol. The number of H-pyrrole nitrogens is 1. The predicted molar refractivity (Wildman–Crippen MR) is 121 cm³/mol. The van der Waals surface area contributed by atoms with Crippen molar-refractivity contribution in [2.45, 2.75) is 51.6 Å². The van der Waals surface area contributed by atoms with Gasteiger partial charge in [-0.2, -0.15) is 9.97 Å². The first-order chi connectivity index (χ1) is 15.4. The summed E-state index contributed by atoms with van der Waals surface area (Å²) in [6, 6.07) is 4.12. The smallest absolute Gasteiger partial charge is 0.228 e. The largest absolute Gasteiger partial charge is 0.480 e. The number of carbonyl (C=O) groups is 1. The van der Waals surface area contributed by atoms with Crippen LogP contribution in [0.15, 0.2) is 24.5 Å². The molecule has 0 unspecified atom stereocenters. The number of hydrogen-bond donors (Lipinski definition) is 3. The maximum Gasteiger partial charge on any atom is 0.228 e. The molecule has 1 aliphatic rings. The third-order valence-corrected chi connectivity index (χ3v) is 6.06. The zero-order valence-corrected chi connectivity index (χ0v) is 18.6. The molecular weight excluding hydrogens is 408 g/mol. The Morgan fingerprint density at radius 3 is 2.88 bits per heavy atom. The molecule has 10 heteroatoms. The van der Waals surface area contributed by atoms with E-state index in [9.17, 15) is 4.79 Å². The Labute approximate surface area is 184 Å². The molecule has 1 amide bonds. The highest BCUT2D eigenvalue weighted by Crippen LogP contribution is 2.37. The van der Waals surface area contributed by atoms with Crippen molar-refractivity contribution in [2.75, 3.05) is 12.4 Å². The van der Waals surface area contributed by atoms with Gasteiger partial charge in [-0.05, 0) is 38.8 Å². The quantitative estimate of drug-likeness (QED) is 0.426. The molecule has 3 N–H and O–H groups in total. The summed E-state index contributed by atoms with van der Waals surface area (Å²) in [4.78, 5) is 24.3. The van der Waals surface area contributed by atoms with E-state index in [0.29, 0.717) is 23.9 Å². The molecule has 1 aliphatic carbocycles. The number of pyridine rings is 1. The fourth-order valence-corrected chi connectivity index (χ4v) is 4.44. The molecule has 10 nitrogen and oxygen atoms in total. The van der Waals surface area contributed by atoms with Gasteiger partial charge in [0.05, 0.1) is 12.5 Å². The normalized spacial score (nSPS) is 20.3. The van der Waals surface area contributed by atoms with Gasteiger partial charge in [0.25, 0.3) is 0 Å². The number of rotatable bonds is 6. The Morgan fingerprint density at radius 1 is 1.31 bits per heavy atom. The van der Waals surface area contributed by atoms with Gasteiger partial charge in [-0.1, -0.05) is 6.92 Å². The molecule has 0 spiro atoms. The van der Waals surface area contributed by atoms with E-state index in [2.05, 4.69) is 42.7 Å². The minimum Gasteiger partial charge on any atom is -0.480 e. The number of aromatic amines is 1. The number of aryl methyl sites for hydroxylation is 1. The van der Waals surface area contributed by atoms with Crippen LogP contribution >= 0.6 is 0 Å². The number of methoxy groups -OCH3 is 1. The number of aromatic nitrogens is 6. The summed E-state index contributed by atoms with van der Waals surface area (Å²) in [7, 11) is 1.61. The van der Waals surface area contributed by atoms with E-state index in [1.165, 1.54) is 0 Å². The number of nitrogens with zero attached hydrogens (tertiary/aromatic N) is 5. The van der Waals surface area contributed by atoms with Crippen molar-refractivity contribution in [3.63, 3.8) is 0 Å². The Kier molecular flexibility index (Phi) is 4.72. The molecule has 4 aromatic heterocycles. The van der Waals surface area contributed by atoms with Crippen molar-refractivity contribution in [1.29, 1.82) is 0 Å². The maximum absolute atomic E-state index is 11.7. The lowest BCUT2D eigenvalue weighted by atomic mass is 9.74.